The number of rotatable bonds is 6. The van der Waals surface area contributed by atoms with Gasteiger partial charge in [-0.2, -0.15) is 0 Å². The second kappa shape index (κ2) is 13.7. The van der Waals surface area contributed by atoms with Crippen molar-refractivity contribution >= 4 is 43.4 Å². The van der Waals surface area contributed by atoms with E-state index < -0.39 is 0 Å². The molecule has 0 N–H and O–H groups in total. The monoisotopic (exact) mass is 723 g/mol. The lowest BCUT2D eigenvalue weighted by molar-refractivity contribution is 1.18. The molecule has 1 aromatic heterocycles. The molecule has 0 radical (unpaired) electrons. The third-order valence-electron chi connectivity index (χ3n) is 11.6. The van der Waals surface area contributed by atoms with Gasteiger partial charge >= 0.3 is 0 Å². The first-order valence-electron chi connectivity index (χ1n) is 19.7. The van der Waals surface area contributed by atoms with Gasteiger partial charge in [-0.3, -0.25) is 0 Å². The lowest BCUT2D eigenvalue weighted by Gasteiger charge is -2.18. The van der Waals surface area contributed by atoms with Crippen molar-refractivity contribution in [2.24, 2.45) is 0 Å². The summed E-state index contributed by atoms with van der Waals surface area (Å²) in [6.45, 7) is 0. The lowest BCUT2D eigenvalue weighted by atomic mass is 9.85. The predicted octanol–water partition coefficient (Wildman–Crippen LogP) is 15.4. The summed E-state index contributed by atoms with van der Waals surface area (Å²) < 4.78 is 2.37. The van der Waals surface area contributed by atoms with Gasteiger partial charge in [0.2, 0.25) is 0 Å². The van der Waals surface area contributed by atoms with Crippen LogP contribution in [0.2, 0.25) is 0 Å². The molecule has 11 aromatic rings. The maximum absolute atomic E-state index is 2.37. The highest BCUT2D eigenvalue weighted by molar-refractivity contribution is 6.21. The molecule has 0 amide bonds. The molecule has 1 nitrogen and oxygen atoms in total. The van der Waals surface area contributed by atoms with Gasteiger partial charge < -0.3 is 4.57 Å². The number of para-hydroxylation sites is 2. The molecule has 57 heavy (non-hydrogen) atoms. The summed E-state index contributed by atoms with van der Waals surface area (Å²) in [4.78, 5) is 0. The smallest absolute Gasteiger partial charge is 0.0541 e. The fraction of sp³-hybridized carbons (Fsp3) is 0. The minimum Gasteiger partial charge on any atom is -0.309 e. The zero-order chi connectivity index (χ0) is 37.7. The largest absolute Gasteiger partial charge is 0.309 e. The average Bonchev–Trinajstić information content (AvgIpc) is 3.63. The first-order valence-corrected chi connectivity index (χ1v) is 19.7. The summed E-state index contributed by atoms with van der Waals surface area (Å²) in [5.41, 5.74) is 15.9. The number of hydrogen-bond acceptors (Lipinski definition) is 0. The minimum absolute atomic E-state index is 1.17. The summed E-state index contributed by atoms with van der Waals surface area (Å²) in [6.07, 6.45) is 0. The quantitative estimate of drug-likeness (QED) is 0.151. The zero-order valence-corrected chi connectivity index (χ0v) is 31.3. The first kappa shape index (κ1) is 32.9. The summed E-state index contributed by atoms with van der Waals surface area (Å²) in [5.74, 6) is 0. The van der Waals surface area contributed by atoms with Crippen molar-refractivity contribution in [3.63, 3.8) is 0 Å². The van der Waals surface area contributed by atoms with Crippen LogP contribution in [0.4, 0.5) is 0 Å². The van der Waals surface area contributed by atoms with Crippen LogP contribution in [0, 0.1) is 0 Å². The number of aromatic nitrogens is 1. The molecule has 0 bridgehead atoms. The van der Waals surface area contributed by atoms with E-state index in [1.807, 2.05) is 0 Å². The van der Waals surface area contributed by atoms with Crippen LogP contribution >= 0.6 is 0 Å². The van der Waals surface area contributed by atoms with Gasteiger partial charge in [0.25, 0.3) is 0 Å². The molecule has 0 spiro atoms. The molecule has 0 fully saturated rings. The van der Waals surface area contributed by atoms with Crippen molar-refractivity contribution in [1.82, 2.24) is 4.57 Å². The van der Waals surface area contributed by atoms with Crippen LogP contribution in [0.5, 0.6) is 0 Å². The number of nitrogens with zero attached hydrogens (tertiary/aromatic N) is 1. The highest BCUT2D eigenvalue weighted by Gasteiger charge is 2.18. The van der Waals surface area contributed by atoms with Crippen LogP contribution < -0.4 is 0 Å². The second-order valence-corrected chi connectivity index (χ2v) is 14.9. The number of benzene rings is 10. The van der Waals surface area contributed by atoms with Gasteiger partial charge in [-0.05, 0) is 108 Å². The number of fused-ring (bicyclic) bond motifs is 5. The molecule has 0 aliphatic rings. The summed E-state index contributed by atoms with van der Waals surface area (Å²) in [5, 5.41) is 7.56. The Morgan fingerprint density at radius 2 is 0.544 bits per heavy atom. The Kier molecular flexibility index (Phi) is 7.89. The van der Waals surface area contributed by atoms with Crippen LogP contribution in [0.15, 0.2) is 224 Å². The molecule has 0 saturated heterocycles. The molecule has 0 aliphatic carbocycles. The fourth-order valence-corrected chi connectivity index (χ4v) is 8.90. The van der Waals surface area contributed by atoms with E-state index in [0.29, 0.717) is 0 Å². The zero-order valence-electron chi connectivity index (χ0n) is 31.3. The second-order valence-electron chi connectivity index (χ2n) is 14.9. The summed E-state index contributed by atoms with van der Waals surface area (Å²) >= 11 is 0. The molecule has 266 valence electrons. The third-order valence-corrected chi connectivity index (χ3v) is 11.6. The first-order chi connectivity index (χ1) is 28.3. The van der Waals surface area contributed by atoms with Crippen LogP contribution in [0.1, 0.15) is 0 Å². The Balaban J connectivity index is 0.976. The van der Waals surface area contributed by atoms with E-state index in [9.17, 15) is 0 Å². The van der Waals surface area contributed by atoms with Crippen LogP contribution in [-0.2, 0) is 0 Å². The van der Waals surface area contributed by atoms with Gasteiger partial charge in [0.05, 0.1) is 11.0 Å². The molecule has 1 heteroatoms. The van der Waals surface area contributed by atoms with E-state index in [2.05, 4.69) is 229 Å². The van der Waals surface area contributed by atoms with E-state index in [-0.39, 0.29) is 0 Å². The van der Waals surface area contributed by atoms with Crippen molar-refractivity contribution < 1.29 is 0 Å². The standard InChI is InChI=1S/C56H37N/c1-3-13-38(14-4-1)39-23-25-40(26-24-39)41-27-31-43(32-28-41)55-48-18-7-9-20-50(48)56(51-21-10-8-19-49(51)55)44-33-29-42(30-34-44)45-35-36-54-52(37-45)47-17-11-12-22-53(47)57(54)46-15-5-2-6-16-46/h1-37H. The Hall–Kier alpha value is -7.48. The van der Waals surface area contributed by atoms with Gasteiger partial charge in [0.1, 0.15) is 0 Å². The minimum atomic E-state index is 1.17. The molecular weight excluding hydrogens is 687 g/mol. The lowest BCUT2D eigenvalue weighted by Crippen LogP contribution is -1.92. The maximum atomic E-state index is 2.37. The summed E-state index contributed by atoms with van der Waals surface area (Å²) in [6, 6.07) is 81.8. The third kappa shape index (κ3) is 5.63. The van der Waals surface area contributed by atoms with Crippen molar-refractivity contribution in [2.45, 2.75) is 0 Å². The van der Waals surface area contributed by atoms with Gasteiger partial charge in [-0.1, -0.05) is 194 Å². The van der Waals surface area contributed by atoms with Crippen LogP contribution in [-0.4, -0.2) is 4.57 Å². The molecule has 0 saturated carbocycles. The highest BCUT2D eigenvalue weighted by atomic mass is 15.0. The molecule has 1 heterocycles. The van der Waals surface area contributed by atoms with E-state index in [1.54, 1.807) is 0 Å². The van der Waals surface area contributed by atoms with E-state index >= 15 is 0 Å². The topological polar surface area (TPSA) is 4.93 Å². The van der Waals surface area contributed by atoms with Crippen LogP contribution in [0.3, 0.4) is 0 Å². The molecule has 10 aromatic carbocycles. The van der Waals surface area contributed by atoms with Crippen molar-refractivity contribution in [3.8, 4) is 61.3 Å². The summed E-state index contributed by atoms with van der Waals surface area (Å²) in [7, 11) is 0. The molecule has 0 aliphatic heterocycles. The molecule has 0 atom stereocenters. The predicted molar refractivity (Wildman–Crippen MR) is 243 cm³/mol. The van der Waals surface area contributed by atoms with E-state index in [0.717, 1.165) is 0 Å². The Labute approximate surface area is 332 Å². The van der Waals surface area contributed by atoms with Gasteiger partial charge in [-0.15, -0.1) is 0 Å². The van der Waals surface area contributed by atoms with Crippen molar-refractivity contribution in [2.75, 3.05) is 0 Å². The van der Waals surface area contributed by atoms with Crippen molar-refractivity contribution in [1.29, 1.82) is 0 Å². The van der Waals surface area contributed by atoms with E-state index in [4.69, 9.17) is 0 Å². The SMILES string of the molecule is c1ccc(-c2ccc(-c3ccc(-c4c5ccccc5c(-c5ccc(-c6ccc7c(c6)c6ccccc6n7-c6ccccc6)cc5)c5ccccc45)cc3)cc2)cc1. The highest BCUT2D eigenvalue weighted by Crippen LogP contribution is 2.44. The van der Waals surface area contributed by atoms with Crippen LogP contribution in [0.25, 0.3) is 105 Å². The Morgan fingerprint density at radius 1 is 0.211 bits per heavy atom. The number of hydrogen-bond donors (Lipinski definition) is 0. The Bertz CT molecular complexity index is 3170. The molecule has 0 unspecified atom stereocenters. The maximum Gasteiger partial charge on any atom is 0.0541 e. The molecular formula is C56H37N. The van der Waals surface area contributed by atoms with E-state index in [1.165, 1.54) is 105 Å². The Morgan fingerprint density at radius 3 is 1.04 bits per heavy atom. The normalized spacial score (nSPS) is 11.5. The van der Waals surface area contributed by atoms with Gasteiger partial charge in [0, 0.05) is 16.5 Å². The average molecular weight is 724 g/mol. The van der Waals surface area contributed by atoms with Gasteiger partial charge in [0.15, 0.2) is 0 Å². The molecule has 11 rings (SSSR count). The van der Waals surface area contributed by atoms with Gasteiger partial charge in [-0.25, -0.2) is 0 Å². The fourth-order valence-electron chi connectivity index (χ4n) is 8.90. The van der Waals surface area contributed by atoms with Crippen molar-refractivity contribution in [3.05, 3.63) is 224 Å².